The molecule has 7 nitrogen and oxygen atoms in total. The summed E-state index contributed by atoms with van der Waals surface area (Å²) in [6.07, 6.45) is 1.02. The SMILES string of the molecule is CC1(C)C(NC(=O)c2ccc(N3CCN(CC4(F)CCNCC4)CC3)cc2)C(C)(C)C1Oc1ccc(C#N)c(Cl)c1. The third-order valence-corrected chi connectivity index (χ3v) is 9.62. The van der Waals surface area contributed by atoms with Crippen LogP contribution in [0.3, 0.4) is 0 Å². The summed E-state index contributed by atoms with van der Waals surface area (Å²) < 4.78 is 21.5. The van der Waals surface area contributed by atoms with Crippen molar-refractivity contribution in [1.29, 1.82) is 5.26 Å². The van der Waals surface area contributed by atoms with Gasteiger partial charge >= 0.3 is 0 Å². The third-order valence-electron chi connectivity index (χ3n) is 9.30. The molecule has 2 aliphatic heterocycles. The van der Waals surface area contributed by atoms with Gasteiger partial charge in [0.05, 0.1) is 10.6 Å². The normalized spacial score (nSPS) is 25.0. The van der Waals surface area contributed by atoms with Crippen LogP contribution in [0.4, 0.5) is 10.1 Å². The smallest absolute Gasteiger partial charge is 0.251 e. The molecule has 3 aliphatic rings. The van der Waals surface area contributed by atoms with Gasteiger partial charge in [0.15, 0.2) is 0 Å². The summed E-state index contributed by atoms with van der Waals surface area (Å²) in [5.74, 6) is 0.499. The lowest BCUT2D eigenvalue weighted by Crippen LogP contribution is -2.74. The Labute approximate surface area is 248 Å². The number of alkyl halides is 1. The van der Waals surface area contributed by atoms with Crippen LogP contribution < -0.4 is 20.3 Å². The molecule has 0 radical (unpaired) electrons. The van der Waals surface area contributed by atoms with Crippen molar-refractivity contribution in [3.05, 3.63) is 58.6 Å². The van der Waals surface area contributed by atoms with Crippen LogP contribution in [-0.4, -0.2) is 74.4 Å². The van der Waals surface area contributed by atoms with E-state index in [4.69, 9.17) is 21.6 Å². The first-order chi connectivity index (χ1) is 19.4. The van der Waals surface area contributed by atoms with Crippen LogP contribution in [0.1, 0.15) is 56.5 Å². The molecule has 1 amide bonds. The third kappa shape index (κ3) is 6.04. The number of hydrogen-bond acceptors (Lipinski definition) is 6. The Kier molecular flexibility index (Phi) is 8.26. The fraction of sp³-hybridized carbons (Fsp3) is 0.562. The number of nitrogens with zero attached hydrogens (tertiary/aromatic N) is 3. The minimum absolute atomic E-state index is 0.104. The Bertz CT molecular complexity index is 1280. The van der Waals surface area contributed by atoms with E-state index in [1.54, 1.807) is 18.2 Å². The fourth-order valence-electron chi connectivity index (χ4n) is 7.23. The lowest BCUT2D eigenvalue weighted by Gasteiger charge is -2.63. The zero-order chi connectivity index (χ0) is 29.4. The Morgan fingerprint density at radius 2 is 1.71 bits per heavy atom. The van der Waals surface area contributed by atoms with Gasteiger partial charge in [-0.1, -0.05) is 39.3 Å². The minimum Gasteiger partial charge on any atom is -0.489 e. The van der Waals surface area contributed by atoms with Gasteiger partial charge in [-0.15, -0.1) is 0 Å². The topological polar surface area (TPSA) is 80.6 Å². The molecule has 2 heterocycles. The maximum absolute atomic E-state index is 15.1. The number of carbonyl (C=O) groups is 1. The first-order valence-electron chi connectivity index (χ1n) is 14.6. The van der Waals surface area contributed by atoms with Gasteiger partial charge in [-0.05, 0) is 62.3 Å². The number of rotatable bonds is 7. The van der Waals surface area contributed by atoms with Gasteiger partial charge < -0.3 is 20.3 Å². The minimum atomic E-state index is -1.07. The van der Waals surface area contributed by atoms with Crippen molar-refractivity contribution in [1.82, 2.24) is 15.5 Å². The zero-order valence-electron chi connectivity index (χ0n) is 24.5. The standard InChI is InChI=1S/C32H41ClFN5O2/c1-30(2)28(31(3,4)29(30)41-25-10-7-23(20-35)26(33)19-25)37-27(40)22-5-8-24(9-6-22)39-17-15-38(16-18-39)21-32(34)11-13-36-14-12-32/h5-10,19,28-29,36H,11-18,21H2,1-4H3,(H,37,40). The number of anilines is 1. The van der Waals surface area contributed by atoms with Crippen LogP contribution in [0.5, 0.6) is 5.75 Å². The van der Waals surface area contributed by atoms with Crippen LogP contribution in [0.15, 0.2) is 42.5 Å². The number of halogens is 2. The van der Waals surface area contributed by atoms with Crippen molar-refractivity contribution < 1.29 is 13.9 Å². The van der Waals surface area contributed by atoms with E-state index in [0.717, 1.165) is 45.0 Å². The van der Waals surface area contributed by atoms with E-state index in [9.17, 15) is 4.79 Å². The quantitative estimate of drug-likeness (QED) is 0.477. The number of piperazine rings is 1. The molecule has 5 rings (SSSR count). The number of ether oxygens (including phenoxy) is 1. The molecule has 2 saturated heterocycles. The van der Waals surface area contributed by atoms with E-state index in [-0.39, 0.29) is 28.9 Å². The second kappa shape index (κ2) is 11.4. The van der Waals surface area contributed by atoms with Gasteiger partial charge in [0.2, 0.25) is 0 Å². The summed E-state index contributed by atoms with van der Waals surface area (Å²) in [6.45, 7) is 13.8. The molecule has 41 heavy (non-hydrogen) atoms. The Hall–Kier alpha value is -2.86. The summed E-state index contributed by atoms with van der Waals surface area (Å²) in [6, 6.07) is 14.8. The van der Waals surface area contributed by atoms with Crippen LogP contribution in [0.2, 0.25) is 5.02 Å². The molecule has 2 aromatic carbocycles. The molecule has 3 fully saturated rings. The highest BCUT2D eigenvalue weighted by Crippen LogP contribution is 2.55. The largest absolute Gasteiger partial charge is 0.489 e. The van der Waals surface area contributed by atoms with E-state index in [0.29, 0.717) is 41.3 Å². The van der Waals surface area contributed by atoms with E-state index < -0.39 is 5.67 Å². The first kappa shape index (κ1) is 29.6. The molecule has 0 aromatic heterocycles. The second-order valence-electron chi connectivity index (χ2n) is 13.0. The van der Waals surface area contributed by atoms with E-state index >= 15 is 4.39 Å². The predicted octanol–water partition coefficient (Wildman–Crippen LogP) is 5.04. The molecule has 0 unspecified atom stereocenters. The van der Waals surface area contributed by atoms with Crippen molar-refractivity contribution in [2.75, 3.05) is 50.7 Å². The molecule has 0 atom stereocenters. The van der Waals surface area contributed by atoms with Crippen LogP contribution in [-0.2, 0) is 0 Å². The Morgan fingerprint density at radius 1 is 1.07 bits per heavy atom. The molecular weight excluding hydrogens is 541 g/mol. The molecule has 1 aliphatic carbocycles. The van der Waals surface area contributed by atoms with Gasteiger partial charge in [-0.3, -0.25) is 9.69 Å². The van der Waals surface area contributed by atoms with Crippen LogP contribution in [0.25, 0.3) is 0 Å². The number of nitrogens with one attached hydrogen (secondary N) is 2. The van der Waals surface area contributed by atoms with Crippen molar-refractivity contribution in [3.63, 3.8) is 0 Å². The number of hydrogen-bond donors (Lipinski definition) is 2. The summed E-state index contributed by atoms with van der Waals surface area (Å²) >= 11 is 6.21. The highest BCUT2D eigenvalue weighted by Gasteiger charge is 2.64. The van der Waals surface area contributed by atoms with Crippen molar-refractivity contribution in [3.8, 4) is 11.8 Å². The Morgan fingerprint density at radius 3 is 2.29 bits per heavy atom. The van der Waals surface area contributed by atoms with E-state index in [1.807, 2.05) is 24.3 Å². The molecule has 2 N–H and O–H groups in total. The van der Waals surface area contributed by atoms with Gasteiger partial charge in [0, 0.05) is 66.9 Å². The van der Waals surface area contributed by atoms with Gasteiger partial charge in [-0.2, -0.15) is 5.26 Å². The average molecular weight is 582 g/mol. The number of nitriles is 1. The van der Waals surface area contributed by atoms with Crippen molar-refractivity contribution in [2.45, 2.75) is 58.4 Å². The van der Waals surface area contributed by atoms with Gasteiger partial charge in [-0.25, -0.2) is 4.39 Å². The van der Waals surface area contributed by atoms with E-state index in [1.165, 1.54) is 0 Å². The van der Waals surface area contributed by atoms with Crippen molar-refractivity contribution >= 4 is 23.2 Å². The molecule has 2 aromatic rings. The lowest BCUT2D eigenvalue weighted by molar-refractivity contribution is -0.164. The molecule has 0 bridgehead atoms. The lowest BCUT2D eigenvalue weighted by atomic mass is 9.49. The molecule has 220 valence electrons. The summed E-state index contributed by atoms with van der Waals surface area (Å²) in [5.41, 5.74) is 0.378. The number of amides is 1. The summed E-state index contributed by atoms with van der Waals surface area (Å²) in [4.78, 5) is 17.8. The van der Waals surface area contributed by atoms with Crippen LogP contribution >= 0.6 is 11.6 Å². The van der Waals surface area contributed by atoms with E-state index in [2.05, 4.69) is 54.2 Å². The second-order valence-corrected chi connectivity index (χ2v) is 13.4. The number of piperidine rings is 1. The maximum atomic E-state index is 15.1. The summed E-state index contributed by atoms with van der Waals surface area (Å²) in [5, 5.41) is 16.0. The average Bonchev–Trinajstić information content (AvgIpc) is 2.95. The highest BCUT2D eigenvalue weighted by atomic mass is 35.5. The molecular formula is C32H41ClFN5O2. The first-order valence-corrected chi connectivity index (χ1v) is 14.9. The van der Waals surface area contributed by atoms with Crippen molar-refractivity contribution in [2.24, 2.45) is 10.8 Å². The number of benzene rings is 2. The zero-order valence-corrected chi connectivity index (χ0v) is 25.2. The Balaban J connectivity index is 1.15. The van der Waals surface area contributed by atoms with Crippen LogP contribution in [0, 0.1) is 22.2 Å². The summed E-state index contributed by atoms with van der Waals surface area (Å²) in [7, 11) is 0. The predicted molar refractivity (Wildman–Crippen MR) is 160 cm³/mol. The molecule has 1 saturated carbocycles. The molecule has 9 heteroatoms. The van der Waals surface area contributed by atoms with Gasteiger partial charge in [0.25, 0.3) is 5.91 Å². The number of carbonyl (C=O) groups excluding carboxylic acids is 1. The maximum Gasteiger partial charge on any atom is 0.251 e. The van der Waals surface area contributed by atoms with Gasteiger partial charge in [0.1, 0.15) is 23.6 Å². The monoisotopic (exact) mass is 581 g/mol. The molecule has 0 spiro atoms. The highest BCUT2D eigenvalue weighted by molar-refractivity contribution is 6.31. The fourth-order valence-corrected chi connectivity index (χ4v) is 7.44.